The van der Waals surface area contributed by atoms with E-state index >= 15 is 0 Å². The van der Waals surface area contributed by atoms with Crippen molar-refractivity contribution < 1.29 is 55.5 Å². The minimum atomic E-state index is -3.67. The lowest BCUT2D eigenvalue weighted by molar-refractivity contribution is -0.182. The molecule has 3 rings (SSSR count). The van der Waals surface area contributed by atoms with Crippen molar-refractivity contribution in [3.63, 3.8) is 0 Å². The summed E-state index contributed by atoms with van der Waals surface area (Å²) in [6.07, 6.45) is 3.68. The Morgan fingerprint density at radius 1 is 0.758 bits per heavy atom. The Morgan fingerprint density at radius 3 is 1.45 bits per heavy atom. The SMILES string of the molecule is CS(=O)(=O)O.CS(=O)(=O)O.O=C1C=C(c2ccccc2)C(=O)N1O.O=C1CCCC(=O)N1O. The van der Waals surface area contributed by atoms with Crippen molar-refractivity contribution in [3.05, 3.63) is 42.0 Å². The smallest absolute Gasteiger partial charge is 0.285 e. The Labute approximate surface area is 189 Å². The zero-order chi connectivity index (χ0) is 26.0. The number of hydrogen-bond donors (Lipinski definition) is 4. The second kappa shape index (κ2) is 12.9. The number of hydroxylamine groups is 4. The van der Waals surface area contributed by atoms with Crippen LogP contribution in [0.3, 0.4) is 0 Å². The molecule has 1 fully saturated rings. The van der Waals surface area contributed by atoms with Gasteiger partial charge in [-0.15, -0.1) is 5.06 Å². The van der Waals surface area contributed by atoms with Crippen LogP contribution in [0.25, 0.3) is 5.57 Å². The van der Waals surface area contributed by atoms with Gasteiger partial charge in [0.25, 0.3) is 43.9 Å². The van der Waals surface area contributed by atoms with Crippen LogP contribution in [-0.2, 0) is 39.4 Å². The van der Waals surface area contributed by atoms with Crippen LogP contribution < -0.4 is 0 Å². The summed E-state index contributed by atoms with van der Waals surface area (Å²) in [6.45, 7) is 0. The van der Waals surface area contributed by atoms with E-state index in [0.717, 1.165) is 6.08 Å². The summed E-state index contributed by atoms with van der Waals surface area (Å²) >= 11 is 0. The normalized spacial score (nSPS) is 16.0. The van der Waals surface area contributed by atoms with Gasteiger partial charge in [0.2, 0.25) is 0 Å². The molecule has 4 N–H and O–H groups in total. The van der Waals surface area contributed by atoms with E-state index in [2.05, 4.69) is 0 Å². The van der Waals surface area contributed by atoms with Gasteiger partial charge in [-0.2, -0.15) is 21.9 Å². The number of rotatable bonds is 1. The summed E-state index contributed by atoms with van der Waals surface area (Å²) in [7, 11) is -7.33. The zero-order valence-corrected chi connectivity index (χ0v) is 19.0. The Balaban J connectivity index is 0.000000464. The molecule has 1 saturated heterocycles. The number of carbonyl (C=O) groups is 4. The molecule has 2 heterocycles. The van der Waals surface area contributed by atoms with Gasteiger partial charge in [0.15, 0.2) is 0 Å². The minimum absolute atomic E-state index is 0.113. The fraction of sp³-hybridized carbons (Fsp3) is 0.294. The number of benzene rings is 1. The Morgan fingerprint density at radius 2 is 1.15 bits per heavy atom. The molecule has 33 heavy (non-hydrogen) atoms. The van der Waals surface area contributed by atoms with E-state index in [9.17, 15) is 36.0 Å². The van der Waals surface area contributed by atoms with E-state index in [-0.39, 0.29) is 28.5 Å². The van der Waals surface area contributed by atoms with Crippen LogP contribution in [0.1, 0.15) is 24.8 Å². The monoisotopic (exact) mass is 510 g/mol. The number of piperidine rings is 1. The van der Waals surface area contributed by atoms with Crippen LogP contribution in [0.4, 0.5) is 0 Å². The molecule has 184 valence electrons. The van der Waals surface area contributed by atoms with Crippen molar-refractivity contribution in [2.24, 2.45) is 0 Å². The van der Waals surface area contributed by atoms with Gasteiger partial charge >= 0.3 is 0 Å². The minimum Gasteiger partial charge on any atom is -0.286 e. The Kier molecular flexibility index (Phi) is 11.7. The van der Waals surface area contributed by atoms with E-state index in [1.165, 1.54) is 0 Å². The van der Waals surface area contributed by atoms with Crippen LogP contribution in [0.15, 0.2) is 36.4 Å². The summed E-state index contributed by atoms with van der Waals surface area (Å²) in [4.78, 5) is 43.2. The third-order valence-corrected chi connectivity index (χ3v) is 3.24. The third-order valence-electron chi connectivity index (χ3n) is 3.24. The maximum atomic E-state index is 11.3. The Bertz CT molecular complexity index is 1050. The fourth-order valence-corrected chi connectivity index (χ4v) is 2.03. The molecule has 0 radical (unpaired) electrons. The molecule has 0 aromatic heterocycles. The molecule has 0 aliphatic carbocycles. The first-order valence-corrected chi connectivity index (χ1v) is 12.4. The first-order valence-electron chi connectivity index (χ1n) is 8.65. The summed E-state index contributed by atoms with van der Waals surface area (Å²) in [6, 6.07) is 8.73. The van der Waals surface area contributed by atoms with E-state index in [0.29, 0.717) is 24.5 Å². The van der Waals surface area contributed by atoms with Crippen molar-refractivity contribution in [2.45, 2.75) is 19.3 Å². The van der Waals surface area contributed by atoms with Crippen molar-refractivity contribution in [1.29, 1.82) is 0 Å². The average Bonchev–Trinajstić information content (AvgIpc) is 2.92. The van der Waals surface area contributed by atoms with Gasteiger partial charge in [-0.25, -0.2) is 0 Å². The predicted octanol–water partition coefficient (Wildman–Crippen LogP) is -0.249. The lowest BCUT2D eigenvalue weighted by Crippen LogP contribution is -2.36. The number of imide groups is 2. The molecule has 0 bridgehead atoms. The topological polar surface area (TPSA) is 224 Å². The van der Waals surface area contributed by atoms with Crippen LogP contribution in [0.2, 0.25) is 0 Å². The van der Waals surface area contributed by atoms with Gasteiger partial charge in [-0.3, -0.25) is 38.7 Å². The molecular formula is C17H22N2O12S2. The van der Waals surface area contributed by atoms with Gasteiger partial charge in [-0.05, 0) is 12.0 Å². The van der Waals surface area contributed by atoms with E-state index in [1.54, 1.807) is 24.3 Å². The maximum absolute atomic E-state index is 11.3. The molecule has 0 saturated carbocycles. The van der Waals surface area contributed by atoms with Gasteiger partial charge < -0.3 is 0 Å². The zero-order valence-electron chi connectivity index (χ0n) is 17.4. The highest BCUT2D eigenvalue weighted by atomic mass is 32.2. The highest BCUT2D eigenvalue weighted by Crippen LogP contribution is 2.21. The number of amides is 4. The number of nitrogens with zero attached hydrogens (tertiary/aromatic N) is 2. The van der Waals surface area contributed by atoms with Crippen molar-refractivity contribution in [2.75, 3.05) is 12.5 Å². The molecule has 16 heteroatoms. The summed E-state index contributed by atoms with van der Waals surface area (Å²) < 4.78 is 51.7. The highest BCUT2D eigenvalue weighted by molar-refractivity contribution is 7.85. The second-order valence-electron chi connectivity index (χ2n) is 6.30. The molecule has 0 atom stereocenters. The van der Waals surface area contributed by atoms with Crippen LogP contribution in [-0.4, -0.2) is 82.6 Å². The summed E-state index contributed by atoms with van der Waals surface area (Å²) in [5.41, 5.74) is 0.848. The molecule has 0 spiro atoms. The molecule has 14 nitrogen and oxygen atoms in total. The quantitative estimate of drug-likeness (QED) is 0.218. The number of hydrogen-bond acceptors (Lipinski definition) is 10. The van der Waals surface area contributed by atoms with E-state index in [1.807, 2.05) is 6.07 Å². The van der Waals surface area contributed by atoms with Crippen molar-refractivity contribution >= 4 is 49.4 Å². The molecule has 1 aromatic carbocycles. The van der Waals surface area contributed by atoms with Crippen molar-refractivity contribution in [1.82, 2.24) is 10.1 Å². The molecule has 0 unspecified atom stereocenters. The third kappa shape index (κ3) is 13.9. The van der Waals surface area contributed by atoms with Gasteiger partial charge in [-0.1, -0.05) is 30.3 Å². The summed E-state index contributed by atoms with van der Waals surface area (Å²) in [5.74, 6) is -2.37. The maximum Gasteiger partial charge on any atom is 0.285 e. The Hall–Kier alpha value is -3.02. The van der Waals surface area contributed by atoms with Gasteiger partial charge in [0.1, 0.15) is 0 Å². The first-order chi connectivity index (χ1) is 14.9. The highest BCUT2D eigenvalue weighted by Gasteiger charge is 2.30. The van der Waals surface area contributed by atoms with Crippen LogP contribution in [0.5, 0.6) is 0 Å². The second-order valence-corrected chi connectivity index (χ2v) is 9.23. The fourth-order valence-electron chi connectivity index (χ4n) is 2.03. The number of carbonyl (C=O) groups excluding carboxylic acids is 4. The van der Waals surface area contributed by atoms with Gasteiger partial charge in [0, 0.05) is 18.9 Å². The van der Waals surface area contributed by atoms with Crippen molar-refractivity contribution in [3.8, 4) is 0 Å². The first kappa shape index (κ1) is 30.0. The van der Waals surface area contributed by atoms with E-state index < -0.39 is 43.9 Å². The molecule has 4 amide bonds. The molecule has 2 aliphatic heterocycles. The molecule has 1 aromatic rings. The summed E-state index contributed by atoms with van der Waals surface area (Å²) in [5, 5.41) is 17.9. The van der Waals surface area contributed by atoms with Crippen LogP contribution in [0, 0.1) is 0 Å². The lowest BCUT2D eigenvalue weighted by Gasteiger charge is -2.16. The molecular weight excluding hydrogens is 488 g/mol. The van der Waals surface area contributed by atoms with Crippen LogP contribution >= 0.6 is 0 Å². The largest absolute Gasteiger partial charge is 0.286 e. The lowest BCUT2D eigenvalue weighted by atomic mass is 10.1. The standard InChI is InChI=1S/C10H7NO3.C5H7NO3.2CH4O3S/c12-9-6-8(10(13)11(9)14)7-4-2-1-3-5-7;7-4-2-1-3-5(8)6(4)9;2*1-5(2,3)4/h1-6,14H;9H,1-3H2;2*1H3,(H,2,3,4). The van der Waals surface area contributed by atoms with E-state index in [4.69, 9.17) is 19.5 Å². The average molecular weight is 510 g/mol. The predicted molar refractivity (Wildman–Crippen MR) is 110 cm³/mol. The van der Waals surface area contributed by atoms with Gasteiger partial charge in [0.05, 0.1) is 18.1 Å². The molecule has 2 aliphatic rings.